The standard InChI is InChI=1S/C11H14N2O3/c14-11-5-3-4-10(13(15)16)9(11)8-12-6-1-2-7-12/h3-5,14H,1-2,6-8H2. The molecular formula is C11H14N2O3. The van der Waals surface area contributed by atoms with E-state index >= 15 is 0 Å². The molecule has 0 atom stereocenters. The van der Waals surface area contributed by atoms with Crippen molar-refractivity contribution in [1.82, 2.24) is 4.90 Å². The summed E-state index contributed by atoms with van der Waals surface area (Å²) in [7, 11) is 0. The highest BCUT2D eigenvalue weighted by Gasteiger charge is 2.21. The summed E-state index contributed by atoms with van der Waals surface area (Å²) in [5.74, 6) is 0.0149. The summed E-state index contributed by atoms with van der Waals surface area (Å²) in [6, 6.07) is 4.43. The van der Waals surface area contributed by atoms with Crippen LogP contribution in [0.2, 0.25) is 0 Å². The van der Waals surface area contributed by atoms with Crippen molar-refractivity contribution in [1.29, 1.82) is 0 Å². The van der Waals surface area contributed by atoms with Crippen LogP contribution in [0.5, 0.6) is 5.75 Å². The zero-order valence-electron chi connectivity index (χ0n) is 8.93. The van der Waals surface area contributed by atoms with E-state index in [0.29, 0.717) is 12.1 Å². The largest absolute Gasteiger partial charge is 0.507 e. The van der Waals surface area contributed by atoms with Crippen molar-refractivity contribution in [3.05, 3.63) is 33.9 Å². The molecule has 0 aromatic heterocycles. The van der Waals surface area contributed by atoms with Gasteiger partial charge in [-0.1, -0.05) is 6.07 Å². The van der Waals surface area contributed by atoms with Crippen molar-refractivity contribution in [3.8, 4) is 5.75 Å². The van der Waals surface area contributed by atoms with Crippen molar-refractivity contribution in [2.45, 2.75) is 19.4 Å². The predicted molar refractivity (Wildman–Crippen MR) is 59.3 cm³/mol. The van der Waals surface area contributed by atoms with Crippen molar-refractivity contribution in [2.24, 2.45) is 0 Å². The number of nitro groups is 1. The van der Waals surface area contributed by atoms with E-state index in [1.54, 1.807) is 0 Å². The van der Waals surface area contributed by atoms with Gasteiger partial charge in [-0.3, -0.25) is 15.0 Å². The number of hydrogen-bond acceptors (Lipinski definition) is 4. The highest BCUT2D eigenvalue weighted by molar-refractivity contribution is 5.48. The highest BCUT2D eigenvalue weighted by Crippen LogP contribution is 2.29. The summed E-state index contributed by atoms with van der Waals surface area (Å²) in [6.07, 6.45) is 2.25. The minimum Gasteiger partial charge on any atom is -0.507 e. The number of phenolic OH excluding ortho intramolecular Hbond substituents is 1. The van der Waals surface area contributed by atoms with Crippen LogP contribution in [0, 0.1) is 10.1 Å². The van der Waals surface area contributed by atoms with Gasteiger partial charge in [-0.05, 0) is 32.0 Å². The van der Waals surface area contributed by atoms with E-state index < -0.39 is 4.92 Å². The molecule has 1 fully saturated rings. The van der Waals surface area contributed by atoms with Gasteiger partial charge in [0.25, 0.3) is 5.69 Å². The zero-order chi connectivity index (χ0) is 11.5. The maximum absolute atomic E-state index is 10.8. The molecule has 1 aromatic rings. The Balaban J connectivity index is 2.26. The Morgan fingerprint density at radius 3 is 2.69 bits per heavy atom. The lowest BCUT2D eigenvalue weighted by molar-refractivity contribution is -0.385. The van der Waals surface area contributed by atoms with E-state index in [1.165, 1.54) is 18.2 Å². The van der Waals surface area contributed by atoms with Crippen LogP contribution in [-0.4, -0.2) is 28.0 Å². The normalized spacial score (nSPS) is 16.5. The Labute approximate surface area is 93.5 Å². The summed E-state index contributed by atoms with van der Waals surface area (Å²) in [5, 5.41) is 20.5. The van der Waals surface area contributed by atoms with Gasteiger partial charge in [0, 0.05) is 12.6 Å². The maximum Gasteiger partial charge on any atom is 0.277 e. The Morgan fingerprint density at radius 1 is 1.38 bits per heavy atom. The lowest BCUT2D eigenvalue weighted by Gasteiger charge is -2.15. The number of nitrogens with zero attached hydrogens (tertiary/aromatic N) is 2. The molecule has 0 spiro atoms. The number of phenols is 1. The molecule has 0 amide bonds. The summed E-state index contributed by atoms with van der Waals surface area (Å²) in [4.78, 5) is 12.5. The number of aromatic hydroxyl groups is 1. The number of hydrogen-bond donors (Lipinski definition) is 1. The number of rotatable bonds is 3. The third kappa shape index (κ3) is 2.14. The first-order valence-electron chi connectivity index (χ1n) is 5.36. The van der Waals surface area contributed by atoms with Crippen molar-refractivity contribution >= 4 is 5.69 Å². The van der Waals surface area contributed by atoms with E-state index in [-0.39, 0.29) is 11.4 Å². The molecule has 2 rings (SSSR count). The maximum atomic E-state index is 10.8. The van der Waals surface area contributed by atoms with Gasteiger partial charge >= 0.3 is 0 Å². The highest BCUT2D eigenvalue weighted by atomic mass is 16.6. The van der Waals surface area contributed by atoms with Gasteiger partial charge < -0.3 is 5.11 Å². The van der Waals surface area contributed by atoms with Crippen LogP contribution >= 0.6 is 0 Å². The van der Waals surface area contributed by atoms with E-state index in [4.69, 9.17) is 0 Å². The lowest BCUT2D eigenvalue weighted by Crippen LogP contribution is -2.19. The van der Waals surface area contributed by atoms with Gasteiger partial charge in [0.2, 0.25) is 0 Å². The molecule has 1 aliphatic rings. The van der Waals surface area contributed by atoms with Crippen LogP contribution in [0.1, 0.15) is 18.4 Å². The van der Waals surface area contributed by atoms with E-state index in [2.05, 4.69) is 4.90 Å². The Kier molecular flexibility index (Phi) is 3.05. The molecule has 0 bridgehead atoms. The fourth-order valence-electron chi connectivity index (χ4n) is 2.06. The number of nitro benzene ring substituents is 1. The van der Waals surface area contributed by atoms with Crippen molar-refractivity contribution < 1.29 is 10.0 Å². The van der Waals surface area contributed by atoms with Crippen LogP contribution in [0.25, 0.3) is 0 Å². The van der Waals surface area contributed by atoms with Crippen LogP contribution in [0.15, 0.2) is 18.2 Å². The molecule has 5 heteroatoms. The second kappa shape index (κ2) is 4.49. The molecule has 5 nitrogen and oxygen atoms in total. The van der Waals surface area contributed by atoms with Gasteiger partial charge in [-0.2, -0.15) is 0 Å². The fraction of sp³-hybridized carbons (Fsp3) is 0.455. The van der Waals surface area contributed by atoms with Gasteiger partial charge in [0.1, 0.15) is 5.75 Å². The lowest BCUT2D eigenvalue weighted by atomic mass is 10.1. The molecule has 0 saturated carbocycles. The minimum atomic E-state index is -0.439. The Bertz CT molecular complexity index is 400. The second-order valence-corrected chi connectivity index (χ2v) is 4.02. The van der Waals surface area contributed by atoms with E-state index in [0.717, 1.165) is 25.9 Å². The third-order valence-electron chi connectivity index (χ3n) is 2.90. The fourth-order valence-corrected chi connectivity index (χ4v) is 2.06. The first-order chi connectivity index (χ1) is 7.68. The summed E-state index contributed by atoms with van der Waals surface area (Å²) in [6.45, 7) is 2.36. The molecular weight excluding hydrogens is 208 g/mol. The molecule has 86 valence electrons. The second-order valence-electron chi connectivity index (χ2n) is 4.02. The molecule has 1 N–H and O–H groups in total. The molecule has 0 aliphatic carbocycles. The monoisotopic (exact) mass is 222 g/mol. The van der Waals surface area contributed by atoms with Crippen LogP contribution in [0.3, 0.4) is 0 Å². The first-order valence-corrected chi connectivity index (χ1v) is 5.36. The number of likely N-dealkylation sites (tertiary alicyclic amines) is 1. The first kappa shape index (κ1) is 10.9. The van der Waals surface area contributed by atoms with Gasteiger partial charge in [0.05, 0.1) is 10.5 Å². The third-order valence-corrected chi connectivity index (χ3v) is 2.90. The van der Waals surface area contributed by atoms with Gasteiger partial charge in [-0.25, -0.2) is 0 Å². The zero-order valence-corrected chi connectivity index (χ0v) is 8.93. The summed E-state index contributed by atoms with van der Waals surface area (Å²) < 4.78 is 0. The summed E-state index contributed by atoms with van der Waals surface area (Å²) >= 11 is 0. The van der Waals surface area contributed by atoms with Crippen molar-refractivity contribution in [3.63, 3.8) is 0 Å². The smallest absolute Gasteiger partial charge is 0.277 e. The molecule has 0 unspecified atom stereocenters. The molecule has 1 aliphatic heterocycles. The van der Waals surface area contributed by atoms with Crippen LogP contribution in [-0.2, 0) is 6.54 Å². The molecule has 1 heterocycles. The average Bonchev–Trinajstić information content (AvgIpc) is 2.73. The quantitative estimate of drug-likeness (QED) is 0.626. The predicted octanol–water partition coefficient (Wildman–Crippen LogP) is 1.90. The Hall–Kier alpha value is -1.62. The molecule has 16 heavy (non-hydrogen) atoms. The van der Waals surface area contributed by atoms with Crippen molar-refractivity contribution in [2.75, 3.05) is 13.1 Å². The van der Waals surface area contributed by atoms with Gasteiger partial charge in [-0.15, -0.1) is 0 Å². The average molecular weight is 222 g/mol. The van der Waals surface area contributed by atoms with E-state index in [9.17, 15) is 15.2 Å². The minimum absolute atomic E-state index is 0.00639. The molecule has 1 aromatic carbocycles. The molecule has 1 saturated heterocycles. The Morgan fingerprint density at radius 2 is 2.06 bits per heavy atom. The van der Waals surface area contributed by atoms with E-state index in [1.807, 2.05) is 0 Å². The van der Waals surface area contributed by atoms with Crippen LogP contribution < -0.4 is 0 Å². The van der Waals surface area contributed by atoms with Gasteiger partial charge in [0.15, 0.2) is 0 Å². The summed E-state index contributed by atoms with van der Waals surface area (Å²) in [5.41, 5.74) is 0.432. The topological polar surface area (TPSA) is 66.6 Å². The molecule has 0 radical (unpaired) electrons. The van der Waals surface area contributed by atoms with Crippen LogP contribution in [0.4, 0.5) is 5.69 Å². The SMILES string of the molecule is O=[N+]([O-])c1cccc(O)c1CN1CCCC1. The number of benzene rings is 1.